The molecule has 0 saturated heterocycles. The SMILES string of the molecule is CCC1=CC(OCC(F)(F)F)=C2C(=C(c3ccc(F)cc3)O1)C2(C)OC. The van der Waals surface area contributed by atoms with Crippen molar-refractivity contribution in [3.8, 4) is 0 Å². The molecule has 3 nitrogen and oxygen atoms in total. The maximum absolute atomic E-state index is 13.2. The molecule has 1 aromatic rings. The highest BCUT2D eigenvalue weighted by Crippen LogP contribution is 2.59. The number of fused-ring (bicyclic) bond motifs is 1. The van der Waals surface area contributed by atoms with Gasteiger partial charge in [0.2, 0.25) is 0 Å². The fourth-order valence-electron chi connectivity index (χ4n) is 2.93. The van der Waals surface area contributed by atoms with Gasteiger partial charge < -0.3 is 14.2 Å². The Kier molecular flexibility index (Phi) is 4.60. The number of benzene rings is 1. The van der Waals surface area contributed by atoms with Crippen LogP contribution < -0.4 is 0 Å². The van der Waals surface area contributed by atoms with Gasteiger partial charge in [-0.25, -0.2) is 4.39 Å². The van der Waals surface area contributed by atoms with Gasteiger partial charge in [0.05, 0.1) is 0 Å². The number of hydrogen-bond donors (Lipinski definition) is 0. The van der Waals surface area contributed by atoms with E-state index in [-0.39, 0.29) is 5.76 Å². The lowest BCUT2D eigenvalue weighted by Gasteiger charge is -2.16. The van der Waals surface area contributed by atoms with Gasteiger partial charge in [0.25, 0.3) is 0 Å². The zero-order chi connectivity index (χ0) is 19.1. The van der Waals surface area contributed by atoms with E-state index in [9.17, 15) is 17.6 Å². The maximum Gasteiger partial charge on any atom is 0.422 e. The second-order valence-electron chi connectivity index (χ2n) is 6.16. The molecule has 0 amide bonds. The molecule has 1 saturated carbocycles. The van der Waals surface area contributed by atoms with Crippen LogP contribution in [-0.4, -0.2) is 25.5 Å². The Balaban J connectivity index is 2.11. The lowest BCUT2D eigenvalue weighted by atomic mass is 10.1. The van der Waals surface area contributed by atoms with Crippen LogP contribution in [0.1, 0.15) is 25.8 Å². The normalized spacial score (nSPS) is 22.5. The molecular weight excluding hydrogens is 352 g/mol. The molecule has 0 aromatic heterocycles. The summed E-state index contributed by atoms with van der Waals surface area (Å²) in [7, 11) is 1.46. The molecule has 1 aromatic carbocycles. The summed E-state index contributed by atoms with van der Waals surface area (Å²) < 4.78 is 67.5. The summed E-state index contributed by atoms with van der Waals surface area (Å²) in [6, 6.07) is 5.70. The molecular formula is C19H18F4O3. The van der Waals surface area contributed by atoms with Crippen molar-refractivity contribution in [2.24, 2.45) is 0 Å². The highest BCUT2D eigenvalue weighted by atomic mass is 19.4. The molecule has 0 radical (unpaired) electrons. The van der Waals surface area contributed by atoms with Gasteiger partial charge in [0.1, 0.15) is 28.7 Å². The van der Waals surface area contributed by atoms with Crippen molar-refractivity contribution in [2.75, 3.05) is 13.7 Å². The molecule has 1 aliphatic heterocycles. The minimum absolute atomic E-state index is 0.0793. The molecule has 1 aliphatic carbocycles. The van der Waals surface area contributed by atoms with E-state index in [0.29, 0.717) is 34.6 Å². The molecule has 0 N–H and O–H groups in total. The number of hydrogen-bond acceptors (Lipinski definition) is 3. The highest BCUT2D eigenvalue weighted by Gasteiger charge is 2.58. The Hall–Kier alpha value is -2.28. The monoisotopic (exact) mass is 370 g/mol. The molecule has 1 fully saturated rings. The summed E-state index contributed by atoms with van der Waals surface area (Å²) in [5.41, 5.74) is 0.798. The predicted molar refractivity (Wildman–Crippen MR) is 87.2 cm³/mol. The van der Waals surface area contributed by atoms with Crippen LogP contribution in [0.25, 0.3) is 5.76 Å². The van der Waals surface area contributed by atoms with E-state index in [4.69, 9.17) is 14.2 Å². The number of alkyl halides is 3. The van der Waals surface area contributed by atoms with Crippen molar-refractivity contribution in [3.63, 3.8) is 0 Å². The Morgan fingerprint density at radius 1 is 1.12 bits per heavy atom. The van der Waals surface area contributed by atoms with Gasteiger partial charge in [0, 0.05) is 36.3 Å². The summed E-state index contributed by atoms with van der Waals surface area (Å²) in [4.78, 5) is 0. The van der Waals surface area contributed by atoms with Crippen LogP contribution in [-0.2, 0) is 14.2 Å². The summed E-state index contributed by atoms with van der Waals surface area (Å²) in [5, 5.41) is 0. The number of methoxy groups -OCH3 is 1. The van der Waals surface area contributed by atoms with Gasteiger partial charge >= 0.3 is 6.18 Å². The Bertz CT molecular complexity index is 803. The van der Waals surface area contributed by atoms with Crippen LogP contribution in [0.5, 0.6) is 0 Å². The smallest absolute Gasteiger partial charge is 0.422 e. The third-order valence-corrected chi connectivity index (χ3v) is 4.39. The van der Waals surface area contributed by atoms with Crippen LogP contribution >= 0.6 is 0 Å². The van der Waals surface area contributed by atoms with E-state index in [1.54, 1.807) is 19.1 Å². The number of halogens is 4. The summed E-state index contributed by atoms with van der Waals surface area (Å²) >= 11 is 0. The van der Waals surface area contributed by atoms with Gasteiger partial charge in [-0.15, -0.1) is 0 Å². The fourth-order valence-corrected chi connectivity index (χ4v) is 2.93. The Morgan fingerprint density at radius 3 is 2.31 bits per heavy atom. The number of rotatable bonds is 5. The molecule has 0 spiro atoms. The molecule has 26 heavy (non-hydrogen) atoms. The Morgan fingerprint density at radius 2 is 1.77 bits per heavy atom. The quantitative estimate of drug-likeness (QED) is 0.674. The highest BCUT2D eigenvalue weighted by molar-refractivity contribution is 5.84. The van der Waals surface area contributed by atoms with Crippen LogP contribution in [0.4, 0.5) is 17.6 Å². The van der Waals surface area contributed by atoms with Gasteiger partial charge in [-0.2, -0.15) is 13.2 Å². The topological polar surface area (TPSA) is 27.7 Å². The molecule has 0 bridgehead atoms. The van der Waals surface area contributed by atoms with Crippen LogP contribution in [0, 0.1) is 5.82 Å². The van der Waals surface area contributed by atoms with Crippen molar-refractivity contribution in [1.82, 2.24) is 0 Å². The third kappa shape index (κ3) is 3.35. The first-order valence-corrected chi connectivity index (χ1v) is 8.08. The molecule has 140 valence electrons. The molecule has 1 heterocycles. The Labute approximate surface area is 148 Å². The van der Waals surface area contributed by atoms with Crippen molar-refractivity contribution in [2.45, 2.75) is 32.0 Å². The average molecular weight is 370 g/mol. The average Bonchev–Trinajstić information content (AvgIpc) is 3.24. The predicted octanol–water partition coefficient (Wildman–Crippen LogP) is 5.11. The zero-order valence-electron chi connectivity index (χ0n) is 14.5. The number of allylic oxidation sites excluding steroid dienone is 2. The summed E-state index contributed by atoms with van der Waals surface area (Å²) in [6.45, 7) is 2.14. The van der Waals surface area contributed by atoms with Crippen molar-refractivity contribution >= 4 is 5.76 Å². The van der Waals surface area contributed by atoms with Gasteiger partial charge in [-0.1, -0.05) is 6.92 Å². The van der Waals surface area contributed by atoms with Crippen molar-refractivity contribution in [1.29, 1.82) is 0 Å². The number of ether oxygens (including phenoxy) is 3. The minimum atomic E-state index is -4.46. The van der Waals surface area contributed by atoms with E-state index in [2.05, 4.69) is 0 Å². The van der Waals surface area contributed by atoms with Crippen molar-refractivity contribution in [3.05, 3.63) is 64.4 Å². The van der Waals surface area contributed by atoms with Crippen LogP contribution in [0.15, 0.2) is 53.0 Å². The zero-order valence-corrected chi connectivity index (χ0v) is 14.5. The molecule has 2 aliphatic rings. The largest absolute Gasteiger partial charge is 0.484 e. The third-order valence-electron chi connectivity index (χ3n) is 4.39. The first-order valence-electron chi connectivity index (χ1n) is 8.08. The standard InChI is InChI=1S/C19H18F4O3/c1-4-13-9-14(25-10-19(21,22)23)15-16(18(15,2)24-3)17(26-13)11-5-7-12(20)8-6-11/h5-9H,4,10H2,1-3H3. The van der Waals surface area contributed by atoms with Crippen molar-refractivity contribution < 1.29 is 31.8 Å². The fraction of sp³-hybridized carbons (Fsp3) is 0.368. The second-order valence-corrected chi connectivity index (χ2v) is 6.16. The van der Waals surface area contributed by atoms with E-state index in [1.807, 2.05) is 6.92 Å². The van der Waals surface area contributed by atoms with Gasteiger partial charge in [0.15, 0.2) is 6.61 Å². The lowest BCUT2D eigenvalue weighted by molar-refractivity contribution is -0.164. The summed E-state index contributed by atoms with van der Waals surface area (Å²) in [5.74, 6) is 0.570. The first kappa shape index (κ1) is 18.5. The molecule has 1 unspecified atom stereocenters. The van der Waals surface area contributed by atoms with Crippen LogP contribution in [0.2, 0.25) is 0 Å². The minimum Gasteiger partial charge on any atom is -0.484 e. The maximum atomic E-state index is 13.2. The van der Waals surface area contributed by atoms with E-state index >= 15 is 0 Å². The second kappa shape index (κ2) is 6.46. The van der Waals surface area contributed by atoms with E-state index < -0.39 is 24.2 Å². The lowest BCUT2D eigenvalue weighted by Crippen LogP contribution is -2.17. The molecule has 3 rings (SSSR count). The van der Waals surface area contributed by atoms with E-state index in [1.165, 1.54) is 25.3 Å². The van der Waals surface area contributed by atoms with Crippen LogP contribution in [0.3, 0.4) is 0 Å². The molecule has 1 atom stereocenters. The van der Waals surface area contributed by atoms with Gasteiger partial charge in [-0.3, -0.25) is 0 Å². The summed E-state index contributed by atoms with van der Waals surface area (Å²) in [6.07, 6.45) is -2.54. The molecule has 7 heteroatoms. The van der Waals surface area contributed by atoms with Gasteiger partial charge in [-0.05, 0) is 31.2 Å². The first-order chi connectivity index (χ1) is 12.2. The van der Waals surface area contributed by atoms with E-state index in [0.717, 1.165) is 0 Å².